The van der Waals surface area contributed by atoms with Gasteiger partial charge in [-0.15, -0.1) is 0 Å². The van der Waals surface area contributed by atoms with Crippen molar-refractivity contribution in [1.82, 2.24) is 19.9 Å². The van der Waals surface area contributed by atoms with Gasteiger partial charge in [0, 0.05) is 44.1 Å². The highest BCUT2D eigenvalue weighted by molar-refractivity contribution is 5.45. The summed E-state index contributed by atoms with van der Waals surface area (Å²) in [6.45, 7) is 4.53. The van der Waals surface area contributed by atoms with E-state index in [0.29, 0.717) is 31.6 Å². The first-order valence-electron chi connectivity index (χ1n) is 8.19. The molecule has 1 saturated heterocycles. The van der Waals surface area contributed by atoms with Crippen LogP contribution in [0.1, 0.15) is 29.6 Å². The van der Waals surface area contributed by atoms with Crippen LogP contribution in [-0.2, 0) is 11.3 Å². The summed E-state index contributed by atoms with van der Waals surface area (Å²) in [6, 6.07) is 2.01. The molecule has 130 valence electrons. The second-order valence-corrected chi connectivity index (χ2v) is 6.05. The van der Waals surface area contributed by atoms with Gasteiger partial charge in [0.15, 0.2) is 0 Å². The summed E-state index contributed by atoms with van der Waals surface area (Å²) < 4.78 is 5.48. The fraction of sp³-hybridized carbons (Fsp3) is 0.562. The number of aliphatic hydroxyl groups is 1. The van der Waals surface area contributed by atoms with E-state index in [0.717, 1.165) is 36.1 Å². The number of H-pyrrole nitrogens is 1. The van der Waals surface area contributed by atoms with Crippen LogP contribution in [0.5, 0.6) is 0 Å². The Morgan fingerprint density at radius 2 is 2.33 bits per heavy atom. The SMILES string of the molecule is Cc1cnc(CN(C)c2cc([C@H]3CCOC3)nc(NCCO)n2)[nH]1. The fourth-order valence-electron chi connectivity index (χ4n) is 2.72. The quantitative estimate of drug-likeness (QED) is 0.697. The predicted molar refractivity (Wildman–Crippen MR) is 91.2 cm³/mol. The summed E-state index contributed by atoms with van der Waals surface area (Å²) in [5.41, 5.74) is 2.01. The van der Waals surface area contributed by atoms with Gasteiger partial charge in [0.05, 0.1) is 25.5 Å². The van der Waals surface area contributed by atoms with E-state index in [1.165, 1.54) is 0 Å². The molecule has 0 aromatic carbocycles. The summed E-state index contributed by atoms with van der Waals surface area (Å²) >= 11 is 0. The van der Waals surface area contributed by atoms with Crippen molar-refractivity contribution in [1.29, 1.82) is 0 Å². The lowest BCUT2D eigenvalue weighted by Gasteiger charge is -2.20. The van der Waals surface area contributed by atoms with Crippen LogP contribution in [0.2, 0.25) is 0 Å². The van der Waals surface area contributed by atoms with Crippen molar-refractivity contribution < 1.29 is 9.84 Å². The number of aromatic amines is 1. The van der Waals surface area contributed by atoms with Crippen molar-refractivity contribution in [3.63, 3.8) is 0 Å². The van der Waals surface area contributed by atoms with Gasteiger partial charge < -0.3 is 25.0 Å². The third-order valence-electron chi connectivity index (χ3n) is 4.01. The van der Waals surface area contributed by atoms with Gasteiger partial charge >= 0.3 is 0 Å². The van der Waals surface area contributed by atoms with Gasteiger partial charge in [0.1, 0.15) is 11.6 Å². The molecule has 0 aliphatic carbocycles. The number of hydrogen-bond acceptors (Lipinski definition) is 7. The minimum Gasteiger partial charge on any atom is -0.395 e. The highest BCUT2D eigenvalue weighted by atomic mass is 16.5. The smallest absolute Gasteiger partial charge is 0.224 e. The van der Waals surface area contributed by atoms with Gasteiger partial charge in [0.25, 0.3) is 0 Å². The summed E-state index contributed by atoms with van der Waals surface area (Å²) in [6.07, 6.45) is 2.79. The van der Waals surface area contributed by atoms with Crippen molar-refractivity contribution in [2.45, 2.75) is 25.8 Å². The maximum atomic E-state index is 9.02. The van der Waals surface area contributed by atoms with Crippen LogP contribution >= 0.6 is 0 Å². The zero-order valence-electron chi connectivity index (χ0n) is 14.1. The van der Waals surface area contributed by atoms with Crippen molar-refractivity contribution in [2.75, 3.05) is 43.6 Å². The molecule has 0 amide bonds. The number of aliphatic hydroxyl groups excluding tert-OH is 1. The maximum Gasteiger partial charge on any atom is 0.224 e. The summed E-state index contributed by atoms with van der Waals surface area (Å²) in [4.78, 5) is 18.7. The molecule has 0 spiro atoms. The lowest BCUT2D eigenvalue weighted by Crippen LogP contribution is -2.21. The molecule has 2 aromatic heterocycles. The van der Waals surface area contributed by atoms with Crippen molar-refractivity contribution in [3.8, 4) is 0 Å². The van der Waals surface area contributed by atoms with Crippen molar-refractivity contribution in [2.24, 2.45) is 0 Å². The largest absolute Gasteiger partial charge is 0.395 e. The topological polar surface area (TPSA) is 99.2 Å². The molecular weight excluding hydrogens is 308 g/mol. The van der Waals surface area contributed by atoms with Crippen molar-refractivity contribution >= 4 is 11.8 Å². The standard InChI is InChI=1S/C16H24N6O2/c1-11-8-18-14(19-11)9-22(2)15-7-13(12-3-6-24-10-12)20-16(21-15)17-4-5-23/h7-8,12,23H,3-6,9-10H2,1-2H3,(H,18,19)(H,17,20,21)/t12-/m0/s1. The Morgan fingerprint density at radius 1 is 1.46 bits per heavy atom. The van der Waals surface area contributed by atoms with Crippen LogP contribution in [0.4, 0.5) is 11.8 Å². The number of anilines is 2. The molecule has 0 unspecified atom stereocenters. The molecule has 0 radical (unpaired) electrons. The van der Waals surface area contributed by atoms with Gasteiger partial charge in [0.2, 0.25) is 5.95 Å². The predicted octanol–water partition coefficient (Wildman–Crippen LogP) is 1.05. The zero-order valence-corrected chi connectivity index (χ0v) is 14.1. The molecular formula is C16H24N6O2. The molecule has 3 heterocycles. The van der Waals surface area contributed by atoms with E-state index in [1.54, 1.807) is 0 Å². The van der Waals surface area contributed by atoms with Crippen LogP contribution in [-0.4, -0.2) is 58.5 Å². The first-order valence-corrected chi connectivity index (χ1v) is 8.19. The van der Waals surface area contributed by atoms with Crippen LogP contribution in [0.3, 0.4) is 0 Å². The molecule has 8 nitrogen and oxygen atoms in total. The van der Waals surface area contributed by atoms with E-state index in [-0.39, 0.29) is 6.61 Å². The molecule has 1 aliphatic heterocycles. The Bertz CT molecular complexity index is 668. The molecule has 0 bridgehead atoms. The molecule has 1 aliphatic rings. The molecule has 8 heteroatoms. The maximum absolute atomic E-state index is 9.02. The Balaban J connectivity index is 1.82. The van der Waals surface area contributed by atoms with Gasteiger partial charge in [-0.1, -0.05) is 0 Å². The third kappa shape index (κ3) is 4.01. The summed E-state index contributed by atoms with van der Waals surface area (Å²) in [5, 5.41) is 12.1. The molecule has 1 fully saturated rings. The van der Waals surface area contributed by atoms with E-state index >= 15 is 0 Å². The summed E-state index contributed by atoms with van der Waals surface area (Å²) in [5.74, 6) is 2.54. The van der Waals surface area contributed by atoms with Crippen molar-refractivity contribution in [3.05, 3.63) is 29.5 Å². The normalized spacial score (nSPS) is 17.2. The first kappa shape index (κ1) is 16.7. The van der Waals surface area contributed by atoms with Gasteiger partial charge in [-0.05, 0) is 13.3 Å². The molecule has 3 rings (SSSR count). The Hall–Kier alpha value is -2.19. The van der Waals surface area contributed by atoms with Crippen LogP contribution < -0.4 is 10.2 Å². The average molecular weight is 332 g/mol. The molecule has 2 aromatic rings. The lowest BCUT2D eigenvalue weighted by atomic mass is 10.0. The number of nitrogens with zero attached hydrogens (tertiary/aromatic N) is 4. The highest BCUT2D eigenvalue weighted by Gasteiger charge is 2.21. The molecule has 1 atom stereocenters. The number of aryl methyl sites for hydroxylation is 1. The molecule has 0 saturated carbocycles. The number of hydrogen-bond donors (Lipinski definition) is 3. The van der Waals surface area contributed by atoms with E-state index in [9.17, 15) is 0 Å². The third-order valence-corrected chi connectivity index (χ3v) is 4.01. The minimum absolute atomic E-state index is 0.0387. The number of aromatic nitrogens is 4. The number of nitrogens with one attached hydrogen (secondary N) is 2. The molecule has 24 heavy (non-hydrogen) atoms. The minimum atomic E-state index is 0.0387. The highest BCUT2D eigenvalue weighted by Crippen LogP contribution is 2.27. The van der Waals surface area contributed by atoms with E-state index in [2.05, 4.69) is 25.3 Å². The Labute approximate surface area is 141 Å². The lowest BCUT2D eigenvalue weighted by molar-refractivity contribution is 0.193. The second-order valence-electron chi connectivity index (χ2n) is 6.05. The zero-order chi connectivity index (χ0) is 16.9. The monoisotopic (exact) mass is 332 g/mol. The van der Waals surface area contributed by atoms with Crippen LogP contribution in [0.15, 0.2) is 12.3 Å². The van der Waals surface area contributed by atoms with E-state index in [1.807, 2.05) is 31.1 Å². The van der Waals surface area contributed by atoms with E-state index in [4.69, 9.17) is 9.84 Å². The van der Waals surface area contributed by atoms with Crippen LogP contribution in [0.25, 0.3) is 0 Å². The fourth-order valence-corrected chi connectivity index (χ4v) is 2.72. The van der Waals surface area contributed by atoms with Gasteiger partial charge in [-0.3, -0.25) is 0 Å². The number of imidazole rings is 1. The average Bonchev–Trinajstić information content (AvgIpc) is 3.24. The molecule has 3 N–H and O–H groups in total. The van der Waals surface area contributed by atoms with Crippen LogP contribution in [0, 0.1) is 6.92 Å². The Kier molecular flexibility index (Phi) is 5.27. The number of rotatable bonds is 7. The number of ether oxygens (including phenoxy) is 1. The van der Waals surface area contributed by atoms with Gasteiger partial charge in [-0.25, -0.2) is 9.97 Å². The second kappa shape index (κ2) is 7.59. The first-order chi connectivity index (χ1) is 11.7. The Morgan fingerprint density at radius 3 is 3.00 bits per heavy atom. The van der Waals surface area contributed by atoms with E-state index < -0.39 is 0 Å². The summed E-state index contributed by atoms with van der Waals surface area (Å²) in [7, 11) is 1.98. The van der Waals surface area contributed by atoms with Gasteiger partial charge in [-0.2, -0.15) is 4.98 Å².